The van der Waals surface area contributed by atoms with Crippen LogP contribution in [0, 0.1) is 0 Å². The fourth-order valence-corrected chi connectivity index (χ4v) is 1.69. The van der Waals surface area contributed by atoms with Crippen LogP contribution in [-0.2, 0) is 14.3 Å². The Bertz CT molecular complexity index is 592. The Balaban J connectivity index is 2.04. The van der Waals surface area contributed by atoms with Crippen molar-refractivity contribution in [1.82, 2.24) is 0 Å². The number of benzene rings is 1. The highest BCUT2D eigenvalue weighted by molar-refractivity contribution is 6.28. The first-order chi connectivity index (χ1) is 9.76. The topological polar surface area (TPSA) is 72.9 Å². The molecule has 1 aliphatic heterocycles. The lowest BCUT2D eigenvalue weighted by molar-refractivity contribution is -0.120. The van der Waals surface area contributed by atoms with Crippen molar-refractivity contribution in [3.63, 3.8) is 0 Å². The van der Waals surface area contributed by atoms with Crippen molar-refractivity contribution >= 4 is 23.7 Å². The molecule has 0 N–H and O–H groups in total. The molecule has 0 spiro atoms. The summed E-state index contributed by atoms with van der Waals surface area (Å²) in [6.45, 7) is 5.19. The number of anilines is 1. The molecule has 0 unspecified atom stereocenters. The summed E-state index contributed by atoms with van der Waals surface area (Å²) in [6, 6.07) is 6.00. The summed E-state index contributed by atoms with van der Waals surface area (Å²) >= 11 is 0. The highest BCUT2D eigenvalue weighted by Crippen LogP contribution is 2.23. The van der Waals surface area contributed by atoms with Crippen LogP contribution in [0.1, 0.15) is 20.8 Å². The maximum Gasteiger partial charge on any atom is 0.514 e. The third kappa shape index (κ3) is 3.68. The molecule has 0 bridgehead atoms. The van der Waals surface area contributed by atoms with Crippen molar-refractivity contribution in [1.29, 1.82) is 0 Å². The van der Waals surface area contributed by atoms with Gasteiger partial charge >= 0.3 is 6.16 Å². The average Bonchev–Trinajstić information content (AvgIpc) is 2.68. The first kappa shape index (κ1) is 14.8. The van der Waals surface area contributed by atoms with Crippen molar-refractivity contribution in [2.24, 2.45) is 0 Å². The van der Waals surface area contributed by atoms with Crippen LogP contribution in [0.5, 0.6) is 5.75 Å². The molecule has 6 heteroatoms. The van der Waals surface area contributed by atoms with Crippen LogP contribution in [0.3, 0.4) is 0 Å². The lowest BCUT2D eigenvalue weighted by atomic mass is 10.2. The van der Waals surface area contributed by atoms with Gasteiger partial charge in [0.2, 0.25) is 0 Å². The first-order valence-corrected chi connectivity index (χ1v) is 6.33. The minimum atomic E-state index is -0.815. The standard InChI is InChI=1S/C15H15NO5/c1-15(2,3)21-14(19)20-11-6-4-10(5-7-11)16-12(17)8-9-13(16)18/h4-9H,1-3H3. The predicted octanol–water partition coefficient (Wildman–Crippen LogP) is 2.43. The highest BCUT2D eigenvalue weighted by Gasteiger charge is 2.25. The van der Waals surface area contributed by atoms with Gasteiger partial charge in [-0.3, -0.25) is 9.59 Å². The molecule has 110 valence electrons. The van der Waals surface area contributed by atoms with Gasteiger partial charge < -0.3 is 9.47 Å². The smallest absolute Gasteiger partial charge is 0.428 e. The van der Waals surface area contributed by atoms with Crippen molar-refractivity contribution < 1.29 is 23.9 Å². The van der Waals surface area contributed by atoms with Crippen molar-refractivity contribution in [3.05, 3.63) is 36.4 Å². The van der Waals surface area contributed by atoms with E-state index in [4.69, 9.17) is 9.47 Å². The summed E-state index contributed by atoms with van der Waals surface area (Å²) in [5, 5.41) is 0. The third-order valence-electron chi connectivity index (χ3n) is 2.49. The zero-order valence-electron chi connectivity index (χ0n) is 12.0. The van der Waals surface area contributed by atoms with Crippen LogP contribution in [-0.4, -0.2) is 23.6 Å². The zero-order valence-corrected chi connectivity index (χ0v) is 12.0. The van der Waals surface area contributed by atoms with Gasteiger partial charge in [0.05, 0.1) is 5.69 Å². The van der Waals surface area contributed by atoms with E-state index in [0.717, 1.165) is 4.90 Å². The van der Waals surface area contributed by atoms with Crippen LogP contribution in [0.4, 0.5) is 10.5 Å². The quantitative estimate of drug-likeness (QED) is 0.475. The molecule has 0 aliphatic carbocycles. The molecule has 0 fully saturated rings. The Morgan fingerprint density at radius 2 is 1.52 bits per heavy atom. The maximum atomic E-state index is 11.5. The Morgan fingerprint density at radius 3 is 2.00 bits per heavy atom. The van der Waals surface area contributed by atoms with Crippen LogP contribution in [0.2, 0.25) is 0 Å². The van der Waals surface area contributed by atoms with Crippen LogP contribution < -0.4 is 9.64 Å². The largest absolute Gasteiger partial charge is 0.514 e. The summed E-state index contributed by atoms with van der Waals surface area (Å²) in [5.74, 6) is -0.540. The van der Waals surface area contributed by atoms with E-state index in [1.54, 1.807) is 20.8 Å². The molecule has 1 aromatic carbocycles. The molecule has 21 heavy (non-hydrogen) atoms. The molecule has 0 saturated carbocycles. The fraction of sp³-hybridized carbons (Fsp3) is 0.267. The van der Waals surface area contributed by atoms with Crippen molar-refractivity contribution in [2.45, 2.75) is 26.4 Å². The van der Waals surface area contributed by atoms with Gasteiger partial charge in [-0.2, -0.15) is 0 Å². The molecule has 0 saturated heterocycles. The minimum absolute atomic E-state index is 0.264. The summed E-state index contributed by atoms with van der Waals surface area (Å²) in [7, 11) is 0. The number of hydrogen-bond acceptors (Lipinski definition) is 5. The van der Waals surface area contributed by atoms with Crippen LogP contribution in [0.15, 0.2) is 36.4 Å². The Labute approximate surface area is 121 Å². The third-order valence-corrected chi connectivity index (χ3v) is 2.49. The molecule has 0 radical (unpaired) electrons. The van der Waals surface area contributed by atoms with E-state index in [9.17, 15) is 14.4 Å². The lowest BCUT2D eigenvalue weighted by Crippen LogP contribution is -2.29. The average molecular weight is 289 g/mol. The first-order valence-electron chi connectivity index (χ1n) is 6.33. The number of amides is 2. The van der Waals surface area contributed by atoms with Gasteiger partial charge in [0.15, 0.2) is 0 Å². The van der Waals surface area contributed by atoms with E-state index < -0.39 is 23.6 Å². The molecular formula is C15H15NO5. The maximum absolute atomic E-state index is 11.5. The van der Waals surface area contributed by atoms with Gasteiger partial charge in [0, 0.05) is 12.2 Å². The zero-order chi connectivity index (χ0) is 15.6. The number of carbonyl (C=O) groups excluding carboxylic acids is 3. The SMILES string of the molecule is CC(C)(C)OC(=O)Oc1ccc(N2C(=O)C=CC2=O)cc1. The lowest BCUT2D eigenvalue weighted by Gasteiger charge is -2.19. The van der Waals surface area contributed by atoms with Gasteiger partial charge in [-0.1, -0.05) is 0 Å². The van der Waals surface area contributed by atoms with Gasteiger partial charge in [-0.15, -0.1) is 0 Å². The molecular weight excluding hydrogens is 274 g/mol. The monoisotopic (exact) mass is 289 g/mol. The molecule has 6 nitrogen and oxygen atoms in total. The molecule has 0 atom stereocenters. The number of imide groups is 1. The number of hydrogen-bond donors (Lipinski definition) is 0. The fourth-order valence-electron chi connectivity index (χ4n) is 1.69. The van der Waals surface area contributed by atoms with Crippen molar-refractivity contribution in [2.75, 3.05) is 4.90 Å². The van der Waals surface area contributed by atoms with E-state index in [1.807, 2.05) is 0 Å². The van der Waals surface area contributed by atoms with E-state index in [1.165, 1.54) is 36.4 Å². The van der Waals surface area contributed by atoms with Gasteiger partial charge in [0.25, 0.3) is 11.8 Å². The molecule has 2 amide bonds. The van der Waals surface area contributed by atoms with E-state index >= 15 is 0 Å². The normalized spacial score (nSPS) is 14.5. The molecule has 1 aromatic rings. The summed E-state index contributed by atoms with van der Waals surface area (Å²) < 4.78 is 10.0. The van der Waals surface area contributed by atoms with Gasteiger partial charge in [-0.25, -0.2) is 9.69 Å². The number of nitrogens with zero attached hydrogens (tertiary/aromatic N) is 1. The van der Waals surface area contributed by atoms with Gasteiger partial charge in [0.1, 0.15) is 11.4 Å². The van der Waals surface area contributed by atoms with Gasteiger partial charge in [-0.05, 0) is 45.0 Å². The molecule has 2 rings (SSSR count). The Kier molecular flexibility index (Phi) is 3.80. The number of ether oxygens (including phenoxy) is 2. The predicted molar refractivity (Wildman–Crippen MR) is 74.9 cm³/mol. The van der Waals surface area contributed by atoms with E-state index in [-0.39, 0.29) is 5.75 Å². The van der Waals surface area contributed by atoms with Crippen LogP contribution in [0.25, 0.3) is 0 Å². The highest BCUT2D eigenvalue weighted by atomic mass is 16.7. The van der Waals surface area contributed by atoms with E-state index in [2.05, 4.69) is 0 Å². The van der Waals surface area contributed by atoms with Crippen molar-refractivity contribution in [3.8, 4) is 5.75 Å². The second-order valence-electron chi connectivity index (χ2n) is 5.41. The molecule has 1 heterocycles. The second-order valence-corrected chi connectivity index (χ2v) is 5.41. The van der Waals surface area contributed by atoms with E-state index in [0.29, 0.717) is 5.69 Å². The number of rotatable bonds is 2. The molecule has 0 aromatic heterocycles. The number of carbonyl (C=O) groups is 3. The molecule has 1 aliphatic rings. The summed E-state index contributed by atoms with van der Waals surface area (Å²) in [4.78, 5) is 35.6. The van der Waals surface area contributed by atoms with Crippen LogP contribution >= 0.6 is 0 Å². The summed E-state index contributed by atoms with van der Waals surface area (Å²) in [6.07, 6.45) is 1.59. The summed E-state index contributed by atoms with van der Waals surface area (Å²) in [5.41, 5.74) is -0.233. The Hall–Kier alpha value is -2.63. The minimum Gasteiger partial charge on any atom is -0.428 e. The Morgan fingerprint density at radius 1 is 1.00 bits per heavy atom. The second kappa shape index (κ2) is 5.40.